The van der Waals surface area contributed by atoms with Gasteiger partial charge in [0.15, 0.2) is 0 Å². The minimum Gasteiger partial charge on any atom is -0.475 e. The molecule has 0 N–H and O–H groups in total. The summed E-state index contributed by atoms with van der Waals surface area (Å²) in [7, 11) is 0. The van der Waals surface area contributed by atoms with E-state index in [1.54, 1.807) is 4.90 Å². The van der Waals surface area contributed by atoms with Crippen molar-refractivity contribution in [3.8, 4) is 18.0 Å². The number of aromatic nitrogens is 1. The molecule has 244 valence electrons. The number of aryl methyl sites for hydroxylation is 1. The summed E-state index contributed by atoms with van der Waals surface area (Å²) in [5.74, 6) is -2.62. The van der Waals surface area contributed by atoms with E-state index in [1.165, 1.54) is 17.0 Å². The number of halogens is 2. The van der Waals surface area contributed by atoms with Gasteiger partial charge in [0.25, 0.3) is 5.92 Å². The maximum atomic E-state index is 13.7. The van der Waals surface area contributed by atoms with E-state index in [0.29, 0.717) is 44.7 Å². The lowest BCUT2D eigenvalue weighted by Gasteiger charge is -2.43. The summed E-state index contributed by atoms with van der Waals surface area (Å²) in [6.07, 6.45) is 1.72. The Kier molecular flexibility index (Phi) is 9.28. The van der Waals surface area contributed by atoms with Crippen LogP contribution in [0.3, 0.4) is 0 Å². The zero-order chi connectivity index (χ0) is 33.1. The first-order chi connectivity index (χ1) is 22.7. The third-order valence-corrected chi connectivity index (χ3v) is 9.65. The van der Waals surface area contributed by atoms with E-state index in [4.69, 9.17) is 9.72 Å². The number of nitrogens with zero attached hydrogens (tertiary/aromatic N) is 7. The average Bonchev–Trinajstić information content (AvgIpc) is 3.07. The fourth-order valence-corrected chi connectivity index (χ4v) is 7.18. The number of hydrogen-bond donors (Lipinski definition) is 0. The minimum atomic E-state index is -2.63. The van der Waals surface area contributed by atoms with E-state index in [1.807, 2.05) is 4.90 Å². The van der Waals surface area contributed by atoms with Crippen molar-refractivity contribution in [3.05, 3.63) is 71.4 Å². The number of piperazine rings is 1. The normalized spacial score (nSPS) is 19.5. The van der Waals surface area contributed by atoms with Crippen molar-refractivity contribution in [3.63, 3.8) is 0 Å². The fraction of sp³-hybridized carbons (Fsp3) is 0.444. The van der Waals surface area contributed by atoms with Crippen LogP contribution in [-0.4, -0.2) is 85.1 Å². The van der Waals surface area contributed by atoms with Gasteiger partial charge in [0.1, 0.15) is 18.2 Å². The molecule has 0 aliphatic carbocycles. The lowest BCUT2D eigenvalue weighted by atomic mass is 9.95. The van der Waals surface area contributed by atoms with Crippen molar-refractivity contribution in [2.75, 3.05) is 62.2 Å². The van der Waals surface area contributed by atoms with Crippen LogP contribution in [0.2, 0.25) is 0 Å². The van der Waals surface area contributed by atoms with Crippen molar-refractivity contribution in [1.82, 2.24) is 14.8 Å². The summed E-state index contributed by atoms with van der Waals surface area (Å²) in [6.45, 7) is 9.44. The van der Waals surface area contributed by atoms with Crippen molar-refractivity contribution in [1.29, 1.82) is 10.5 Å². The molecule has 4 heterocycles. The molecule has 3 aliphatic heterocycles. The van der Waals surface area contributed by atoms with Gasteiger partial charge in [-0.05, 0) is 36.4 Å². The summed E-state index contributed by atoms with van der Waals surface area (Å²) >= 11 is 0. The third-order valence-electron chi connectivity index (χ3n) is 9.65. The number of carbonyl (C=O) groups is 1. The molecule has 2 fully saturated rings. The lowest BCUT2D eigenvalue weighted by molar-refractivity contribution is -0.128. The molecule has 0 radical (unpaired) electrons. The number of nitriles is 2. The standard InChI is InChI=1S/C36H39F2N7O2/c1-3-32(46)45-19-18-44(23-27(45)10-14-39)34-28-11-15-43(31-9-5-8-26-7-4-6-25(2)33(26)31)24-30(28)41-35(29(34)22-40)47-21-20-42-16-12-36(37,38)13-17-42/h3-9,27H,1,10-13,15-21,23-24H2,2H3. The molecule has 47 heavy (non-hydrogen) atoms. The first kappa shape index (κ1) is 32.2. The molecular formula is C36H39F2N7O2. The number of pyridine rings is 1. The molecule has 3 aliphatic rings. The maximum absolute atomic E-state index is 13.7. The molecule has 11 heteroatoms. The minimum absolute atomic E-state index is 0.150. The number of amides is 1. The zero-order valence-corrected chi connectivity index (χ0v) is 26.7. The molecule has 0 bridgehead atoms. The molecule has 1 atom stereocenters. The molecule has 2 saturated heterocycles. The lowest BCUT2D eigenvalue weighted by Crippen LogP contribution is -2.55. The van der Waals surface area contributed by atoms with Crippen molar-refractivity contribution >= 4 is 28.1 Å². The van der Waals surface area contributed by atoms with Crippen LogP contribution >= 0.6 is 0 Å². The van der Waals surface area contributed by atoms with Crippen LogP contribution in [0.15, 0.2) is 49.1 Å². The average molecular weight is 640 g/mol. The predicted molar refractivity (Wildman–Crippen MR) is 177 cm³/mol. The van der Waals surface area contributed by atoms with Gasteiger partial charge in [0.2, 0.25) is 11.8 Å². The van der Waals surface area contributed by atoms with Gasteiger partial charge in [-0.2, -0.15) is 10.5 Å². The van der Waals surface area contributed by atoms with Crippen LogP contribution in [0, 0.1) is 29.6 Å². The van der Waals surface area contributed by atoms with Crippen LogP contribution in [0.1, 0.15) is 41.6 Å². The molecule has 1 amide bonds. The monoisotopic (exact) mass is 639 g/mol. The second kappa shape index (κ2) is 13.5. The van der Waals surface area contributed by atoms with Crippen LogP contribution < -0.4 is 14.5 Å². The number of ether oxygens (including phenoxy) is 1. The van der Waals surface area contributed by atoms with E-state index < -0.39 is 5.92 Å². The quantitative estimate of drug-likeness (QED) is 0.310. The summed E-state index contributed by atoms with van der Waals surface area (Å²) in [4.78, 5) is 25.6. The maximum Gasteiger partial charge on any atom is 0.250 e. The molecule has 1 aromatic heterocycles. The number of piperidine rings is 1. The first-order valence-electron chi connectivity index (χ1n) is 16.2. The molecule has 3 aromatic rings. The first-order valence-corrected chi connectivity index (χ1v) is 16.2. The summed E-state index contributed by atoms with van der Waals surface area (Å²) in [6, 6.07) is 16.8. The molecule has 1 unspecified atom stereocenters. The van der Waals surface area contributed by atoms with Gasteiger partial charge >= 0.3 is 0 Å². The van der Waals surface area contributed by atoms with Crippen LogP contribution in [0.25, 0.3) is 10.8 Å². The number of alkyl halides is 2. The number of benzene rings is 2. The van der Waals surface area contributed by atoms with Crippen molar-refractivity contribution < 1.29 is 18.3 Å². The highest BCUT2D eigenvalue weighted by Gasteiger charge is 2.36. The van der Waals surface area contributed by atoms with Gasteiger partial charge in [-0.1, -0.05) is 36.9 Å². The Balaban J connectivity index is 1.35. The molecule has 9 nitrogen and oxygen atoms in total. The SMILES string of the molecule is C=CC(=O)N1CCN(c2c(C#N)c(OCCN3CCC(F)(F)CC3)nc3c2CCN(c2cccc4cccc(C)c24)C3)CC1CC#N. The molecule has 0 saturated carbocycles. The van der Waals surface area contributed by atoms with Gasteiger partial charge in [-0.25, -0.2) is 13.8 Å². The smallest absolute Gasteiger partial charge is 0.250 e. The van der Waals surface area contributed by atoms with Gasteiger partial charge in [0, 0.05) is 75.3 Å². The Labute approximate surface area is 274 Å². The zero-order valence-electron chi connectivity index (χ0n) is 26.7. The summed E-state index contributed by atoms with van der Waals surface area (Å²) in [5, 5.41) is 22.5. The van der Waals surface area contributed by atoms with E-state index >= 15 is 0 Å². The highest BCUT2D eigenvalue weighted by molar-refractivity contribution is 5.97. The van der Waals surface area contributed by atoms with Crippen LogP contribution in [0.5, 0.6) is 5.88 Å². The third kappa shape index (κ3) is 6.59. The Morgan fingerprint density at radius 2 is 1.87 bits per heavy atom. The van der Waals surface area contributed by atoms with Crippen molar-refractivity contribution in [2.45, 2.75) is 51.1 Å². The molecule has 0 spiro atoms. The second-order valence-corrected chi connectivity index (χ2v) is 12.5. The highest BCUT2D eigenvalue weighted by atomic mass is 19.3. The van der Waals surface area contributed by atoms with E-state index in [-0.39, 0.29) is 56.8 Å². The number of hydrogen-bond acceptors (Lipinski definition) is 8. The summed E-state index contributed by atoms with van der Waals surface area (Å²) in [5.41, 5.74) is 5.15. The number of carbonyl (C=O) groups excluding carboxylic acids is 1. The number of anilines is 2. The number of rotatable bonds is 8. The second-order valence-electron chi connectivity index (χ2n) is 12.5. The Morgan fingerprint density at radius 1 is 1.11 bits per heavy atom. The Bertz CT molecular complexity index is 1750. The Morgan fingerprint density at radius 3 is 2.60 bits per heavy atom. The van der Waals surface area contributed by atoms with E-state index in [0.717, 1.165) is 34.6 Å². The number of fused-ring (bicyclic) bond motifs is 2. The predicted octanol–water partition coefficient (Wildman–Crippen LogP) is 5.20. The van der Waals surface area contributed by atoms with Gasteiger partial charge in [-0.3, -0.25) is 9.69 Å². The van der Waals surface area contributed by atoms with Crippen LogP contribution in [0.4, 0.5) is 20.2 Å². The topological polar surface area (TPSA) is 99.7 Å². The fourth-order valence-electron chi connectivity index (χ4n) is 7.18. The van der Waals surface area contributed by atoms with Gasteiger partial charge < -0.3 is 19.4 Å². The largest absolute Gasteiger partial charge is 0.475 e. The van der Waals surface area contributed by atoms with E-state index in [2.05, 4.69) is 71.8 Å². The van der Waals surface area contributed by atoms with E-state index in [9.17, 15) is 24.1 Å². The van der Waals surface area contributed by atoms with Crippen LogP contribution in [-0.2, 0) is 17.8 Å². The highest BCUT2D eigenvalue weighted by Crippen LogP contribution is 2.40. The molecule has 2 aromatic carbocycles. The Hall–Kier alpha value is -4.74. The summed E-state index contributed by atoms with van der Waals surface area (Å²) < 4.78 is 33.7. The molecule has 6 rings (SSSR count). The molecular weight excluding hydrogens is 600 g/mol. The van der Waals surface area contributed by atoms with Crippen molar-refractivity contribution in [2.24, 2.45) is 0 Å². The van der Waals surface area contributed by atoms with Gasteiger partial charge in [-0.15, -0.1) is 0 Å². The number of likely N-dealkylation sites (tertiary alicyclic amines) is 1. The van der Waals surface area contributed by atoms with Gasteiger partial charge in [0.05, 0.1) is 36.5 Å².